The van der Waals surface area contributed by atoms with E-state index in [0.717, 1.165) is 29.0 Å². The summed E-state index contributed by atoms with van der Waals surface area (Å²) in [5.74, 6) is -2.27. The van der Waals surface area contributed by atoms with E-state index >= 15 is 0 Å². The van der Waals surface area contributed by atoms with Gasteiger partial charge in [-0.1, -0.05) is 29.9 Å². The van der Waals surface area contributed by atoms with E-state index in [0.29, 0.717) is 34.0 Å². The van der Waals surface area contributed by atoms with Crippen LogP contribution >= 0.6 is 23.8 Å². The minimum atomic E-state index is -0.943. The highest BCUT2D eigenvalue weighted by atomic mass is 35.5. The third kappa shape index (κ3) is 5.08. The molecule has 5 nitrogen and oxygen atoms in total. The van der Waals surface area contributed by atoms with Crippen LogP contribution in [0.1, 0.15) is 30.2 Å². The fourth-order valence-corrected chi connectivity index (χ4v) is 4.10. The summed E-state index contributed by atoms with van der Waals surface area (Å²) in [7, 11) is 0. The van der Waals surface area contributed by atoms with Crippen LogP contribution in [0.2, 0.25) is 0 Å². The SMILES string of the molecule is CCn1ncc(C)c1C1=C(Cl)C=C(C(=O)N[C@H](CN)Cc2ccc(F)c(F)c2)C(=S)C1. The number of hydrogen-bond acceptors (Lipinski definition) is 4. The smallest absolute Gasteiger partial charge is 0.252 e. The van der Waals surface area contributed by atoms with E-state index in [1.165, 1.54) is 6.07 Å². The van der Waals surface area contributed by atoms with Gasteiger partial charge >= 0.3 is 0 Å². The number of benzene rings is 1. The highest BCUT2D eigenvalue weighted by molar-refractivity contribution is 7.81. The first kappa shape index (κ1) is 23.2. The van der Waals surface area contributed by atoms with Crippen molar-refractivity contribution in [2.45, 2.75) is 39.3 Å². The zero-order valence-electron chi connectivity index (χ0n) is 17.2. The minimum Gasteiger partial charge on any atom is -0.348 e. The van der Waals surface area contributed by atoms with E-state index in [9.17, 15) is 13.6 Å². The van der Waals surface area contributed by atoms with Gasteiger partial charge in [-0.05, 0) is 49.6 Å². The zero-order chi connectivity index (χ0) is 22.7. The molecule has 0 bridgehead atoms. The molecule has 1 atom stereocenters. The Bertz CT molecular complexity index is 1090. The van der Waals surface area contributed by atoms with Crippen LogP contribution in [0.25, 0.3) is 5.57 Å². The molecule has 9 heteroatoms. The topological polar surface area (TPSA) is 72.9 Å². The molecule has 3 rings (SSSR count). The lowest BCUT2D eigenvalue weighted by molar-refractivity contribution is -0.117. The molecule has 1 aromatic carbocycles. The average Bonchev–Trinajstić information content (AvgIpc) is 3.11. The van der Waals surface area contributed by atoms with Crippen LogP contribution in [-0.4, -0.2) is 33.1 Å². The molecular weight excluding hydrogens is 442 g/mol. The monoisotopic (exact) mass is 464 g/mol. The van der Waals surface area contributed by atoms with E-state index < -0.39 is 23.6 Å². The van der Waals surface area contributed by atoms with Crippen molar-refractivity contribution in [1.29, 1.82) is 0 Å². The molecule has 0 unspecified atom stereocenters. The minimum absolute atomic E-state index is 0.120. The van der Waals surface area contributed by atoms with Gasteiger partial charge in [0.15, 0.2) is 11.6 Å². The first-order valence-electron chi connectivity index (χ1n) is 9.86. The highest BCUT2D eigenvalue weighted by Crippen LogP contribution is 2.34. The number of amides is 1. The molecule has 0 radical (unpaired) electrons. The van der Waals surface area contributed by atoms with E-state index in [4.69, 9.17) is 29.6 Å². The number of carbonyl (C=O) groups is 1. The van der Waals surface area contributed by atoms with E-state index in [1.807, 2.05) is 18.5 Å². The summed E-state index contributed by atoms with van der Waals surface area (Å²) < 4.78 is 28.5. The predicted octanol–water partition coefficient (Wildman–Crippen LogP) is 3.83. The lowest BCUT2D eigenvalue weighted by atomic mass is 9.93. The van der Waals surface area contributed by atoms with Gasteiger partial charge < -0.3 is 11.1 Å². The average molecular weight is 465 g/mol. The quantitative estimate of drug-likeness (QED) is 0.611. The Hall–Kier alpha value is -2.42. The zero-order valence-corrected chi connectivity index (χ0v) is 18.8. The van der Waals surface area contributed by atoms with Crippen LogP contribution < -0.4 is 11.1 Å². The van der Waals surface area contributed by atoms with E-state index in [1.54, 1.807) is 12.3 Å². The largest absolute Gasteiger partial charge is 0.348 e. The van der Waals surface area contributed by atoms with E-state index in [-0.39, 0.29) is 13.0 Å². The van der Waals surface area contributed by atoms with Crippen LogP contribution in [0.15, 0.2) is 41.1 Å². The van der Waals surface area contributed by atoms with Crippen molar-refractivity contribution in [2.24, 2.45) is 5.73 Å². The van der Waals surface area contributed by atoms with Gasteiger partial charge in [0.25, 0.3) is 5.91 Å². The van der Waals surface area contributed by atoms with Crippen molar-refractivity contribution in [1.82, 2.24) is 15.1 Å². The number of hydrogen-bond donors (Lipinski definition) is 2. The maximum Gasteiger partial charge on any atom is 0.252 e. The number of aromatic nitrogens is 2. The van der Waals surface area contributed by atoms with Crippen molar-refractivity contribution in [3.8, 4) is 0 Å². The third-order valence-corrected chi connectivity index (χ3v) is 5.84. The summed E-state index contributed by atoms with van der Waals surface area (Å²) in [5.41, 5.74) is 9.33. The van der Waals surface area contributed by atoms with Crippen molar-refractivity contribution in [2.75, 3.05) is 6.54 Å². The summed E-state index contributed by atoms with van der Waals surface area (Å²) >= 11 is 12.0. The number of thiocarbonyl (C=S) groups is 1. The summed E-state index contributed by atoms with van der Waals surface area (Å²) in [6.45, 7) is 4.74. The Morgan fingerprint density at radius 3 is 2.77 bits per heavy atom. The maximum absolute atomic E-state index is 13.5. The van der Waals surface area contributed by atoms with Crippen molar-refractivity contribution in [3.05, 3.63) is 69.5 Å². The molecule has 1 aliphatic rings. The Balaban J connectivity index is 1.80. The molecule has 31 heavy (non-hydrogen) atoms. The number of nitrogens with one attached hydrogen (secondary N) is 1. The first-order chi connectivity index (χ1) is 14.7. The molecule has 1 heterocycles. The van der Waals surface area contributed by atoms with Gasteiger partial charge in [-0.2, -0.15) is 5.10 Å². The molecule has 0 fully saturated rings. The second-order valence-electron chi connectivity index (χ2n) is 7.34. The lowest BCUT2D eigenvalue weighted by Gasteiger charge is -2.22. The second-order valence-corrected chi connectivity index (χ2v) is 8.24. The molecule has 0 saturated carbocycles. The summed E-state index contributed by atoms with van der Waals surface area (Å²) in [4.78, 5) is 13.3. The number of carbonyl (C=O) groups excluding carboxylic acids is 1. The molecule has 1 aliphatic carbocycles. The normalized spacial score (nSPS) is 15.2. The predicted molar refractivity (Wildman–Crippen MR) is 122 cm³/mol. The summed E-state index contributed by atoms with van der Waals surface area (Å²) in [6, 6.07) is 3.13. The van der Waals surface area contributed by atoms with Crippen LogP contribution in [0.4, 0.5) is 8.78 Å². The van der Waals surface area contributed by atoms with Crippen molar-refractivity contribution < 1.29 is 13.6 Å². The molecule has 164 valence electrons. The third-order valence-electron chi connectivity index (χ3n) is 5.14. The van der Waals surface area contributed by atoms with Gasteiger partial charge in [0.1, 0.15) is 0 Å². The van der Waals surface area contributed by atoms with Gasteiger partial charge in [-0.15, -0.1) is 0 Å². The Kier molecular flexibility index (Phi) is 7.35. The molecule has 1 amide bonds. The highest BCUT2D eigenvalue weighted by Gasteiger charge is 2.26. The Labute approximate surface area is 189 Å². The number of nitrogens with zero attached hydrogens (tertiary/aromatic N) is 2. The van der Waals surface area contributed by atoms with Gasteiger partial charge in [0.2, 0.25) is 0 Å². The summed E-state index contributed by atoms with van der Waals surface area (Å²) in [5, 5.41) is 7.59. The van der Waals surface area contributed by atoms with Crippen LogP contribution in [0, 0.1) is 18.6 Å². The molecular formula is C22H23ClF2N4OS. The van der Waals surface area contributed by atoms with Crippen LogP contribution in [0.3, 0.4) is 0 Å². The number of rotatable bonds is 7. The Morgan fingerprint density at radius 1 is 1.39 bits per heavy atom. The van der Waals surface area contributed by atoms with Gasteiger partial charge in [-0.3, -0.25) is 9.48 Å². The lowest BCUT2D eigenvalue weighted by Crippen LogP contribution is -2.43. The molecule has 0 spiro atoms. The fraction of sp³-hybridized carbons (Fsp3) is 0.318. The van der Waals surface area contributed by atoms with Gasteiger partial charge in [0, 0.05) is 41.0 Å². The number of nitrogens with two attached hydrogens (primary N) is 1. The van der Waals surface area contributed by atoms with E-state index in [2.05, 4.69) is 10.4 Å². The molecule has 2 aromatic rings. The van der Waals surface area contributed by atoms with Crippen molar-refractivity contribution in [3.63, 3.8) is 0 Å². The molecule has 0 aliphatic heterocycles. The second kappa shape index (κ2) is 9.80. The number of aryl methyl sites for hydroxylation is 2. The van der Waals surface area contributed by atoms with Crippen LogP contribution in [-0.2, 0) is 17.8 Å². The molecule has 1 aromatic heterocycles. The molecule has 3 N–H and O–H groups in total. The number of allylic oxidation sites excluding steroid dienone is 3. The maximum atomic E-state index is 13.5. The number of halogens is 3. The van der Waals surface area contributed by atoms with Gasteiger partial charge in [0.05, 0.1) is 17.5 Å². The fourth-order valence-electron chi connectivity index (χ4n) is 3.54. The van der Waals surface area contributed by atoms with Crippen LogP contribution in [0.5, 0.6) is 0 Å². The summed E-state index contributed by atoms with van der Waals surface area (Å²) in [6.07, 6.45) is 3.93. The molecule has 0 saturated heterocycles. The standard InChI is InChI=1S/C22H23ClF2N4OS/c1-3-29-21(12(2)11-27-29)15-9-20(31)16(8-17(15)23)22(30)28-14(10-26)6-13-4-5-18(24)19(25)7-13/h4-5,7-8,11,14H,3,6,9-10,26H2,1-2H3,(H,28,30)/t14-/m0/s1. The van der Waals surface area contributed by atoms with Gasteiger partial charge in [-0.25, -0.2) is 8.78 Å². The van der Waals surface area contributed by atoms with Crippen molar-refractivity contribution >= 4 is 40.2 Å². The first-order valence-corrected chi connectivity index (χ1v) is 10.6. The Morgan fingerprint density at radius 2 is 2.13 bits per heavy atom.